The van der Waals surface area contributed by atoms with Gasteiger partial charge in [0.05, 0.1) is 0 Å². The molecule has 0 aromatic heterocycles. The average molecular weight is 296 g/mol. The van der Waals surface area contributed by atoms with Crippen LogP contribution in [0.5, 0.6) is 0 Å². The fourth-order valence-corrected chi connectivity index (χ4v) is 5.16. The summed E-state index contributed by atoms with van der Waals surface area (Å²) < 4.78 is 0. The summed E-state index contributed by atoms with van der Waals surface area (Å²) in [6.45, 7) is 1.72. The second-order valence-electron chi connectivity index (χ2n) is 7.82. The largest absolute Gasteiger partial charge is 0.377 e. The molecule has 4 aliphatic carbocycles. The van der Waals surface area contributed by atoms with Gasteiger partial charge in [-0.15, -0.1) is 0 Å². The minimum atomic E-state index is -1.20. The summed E-state index contributed by atoms with van der Waals surface area (Å²) in [6, 6.07) is 9.51. The van der Waals surface area contributed by atoms with Crippen molar-refractivity contribution in [3.63, 3.8) is 0 Å². The van der Waals surface area contributed by atoms with Gasteiger partial charge >= 0.3 is 0 Å². The van der Waals surface area contributed by atoms with Gasteiger partial charge in [0, 0.05) is 0 Å². The molecule has 0 spiro atoms. The van der Waals surface area contributed by atoms with Crippen molar-refractivity contribution in [2.45, 2.75) is 50.2 Å². The lowest BCUT2D eigenvalue weighted by atomic mass is 9.50. The number of hydrogen-bond donors (Lipinski definition) is 2. The van der Waals surface area contributed by atoms with Crippen molar-refractivity contribution in [3.05, 3.63) is 35.9 Å². The molecule has 0 aliphatic heterocycles. The van der Waals surface area contributed by atoms with E-state index < -0.39 is 11.2 Å². The van der Waals surface area contributed by atoms with Crippen LogP contribution in [0.25, 0.3) is 0 Å². The number of rotatable bonds is 1. The van der Waals surface area contributed by atoms with Crippen molar-refractivity contribution >= 4 is 0 Å². The lowest BCUT2D eigenvalue weighted by Crippen LogP contribution is -2.57. The average Bonchev–Trinajstić information content (AvgIpc) is 2.51. The Morgan fingerprint density at radius 2 is 1.55 bits per heavy atom. The van der Waals surface area contributed by atoms with E-state index in [0.29, 0.717) is 11.8 Å². The summed E-state index contributed by atoms with van der Waals surface area (Å²) in [5, 5.41) is 21.9. The third-order valence-electron chi connectivity index (χ3n) is 6.22. The van der Waals surface area contributed by atoms with Crippen LogP contribution in [0.4, 0.5) is 0 Å². The van der Waals surface area contributed by atoms with Crippen molar-refractivity contribution in [2.24, 2.45) is 23.7 Å². The first-order valence-electron chi connectivity index (χ1n) is 8.52. The standard InChI is InChI=1S/C20H24O2/c1-19(21,16-5-3-2-4-6-16)7-8-20(22)17-10-14-9-15(12-17)13-18(20)11-14/h2-6,14-15,17-18,21-22H,9-13H2,1H3/t14?,15?,17?,18?,19-,20?/m0/s1. The third kappa shape index (κ3) is 2.19. The zero-order chi connectivity index (χ0) is 15.4. The van der Waals surface area contributed by atoms with Crippen molar-refractivity contribution in [1.29, 1.82) is 0 Å². The van der Waals surface area contributed by atoms with E-state index in [2.05, 4.69) is 11.8 Å². The van der Waals surface area contributed by atoms with E-state index in [1.807, 2.05) is 30.3 Å². The molecule has 5 rings (SSSR count). The van der Waals surface area contributed by atoms with Gasteiger partial charge in [-0.05, 0) is 68.3 Å². The Hall–Kier alpha value is -1.30. The predicted molar refractivity (Wildman–Crippen MR) is 85.8 cm³/mol. The van der Waals surface area contributed by atoms with Gasteiger partial charge in [-0.25, -0.2) is 0 Å². The lowest BCUT2D eigenvalue weighted by molar-refractivity contribution is -0.137. The topological polar surface area (TPSA) is 40.5 Å². The first kappa shape index (κ1) is 14.3. The molecule has 1 atom stereocenters. The molecule has 4 saturated carbocycles. The molecule has 0 radical (unpaired) electrons. The van der Waals surface area contributed by atoms with E-state index in [9.17, 15) is 10.2 Å². The monoisotopic (exact) mass is 296 g/mol. The molecular formula is C20H24O2. The SMILES string of the molecule is C[C@](O)(C#CC1(O)C2CC3CC(C2)CC1C3)c1ccccc1. The van der Waals surface area contributed by atoms with Crippen LogP contribution in [0.2, 0.25) is 0 Å². The van der Waals surface area contributed by atoms with Crippen LogP contribution in [-0.2, 0) is 5.60 Å². The molecule has 4 aliphatic rings. The van der Waals surface area contributed by atoms with E-state index in [1.54, 1.807) is 6.92 Å². The van der Waals surface area contributed by atoms with Crippen molar-refractivity contribution in [1.82, 2.24) is 0 Å². The van der Waals surface area contributed by atoms with E-state index >= 15 is 0 Å². The van der Waals surface area contributed by atoms with E-state index in [-0.39, 0.29) is 0 Å². The minimum absolute atomic E-state index is 0.308. The Labute approximate surface area is 132 Å². The van der Waals surface area contributed by atoms with Gasteiger partial charge in [0.2, 0.25) is 0 Å². The van der Waals surface area contributed by atoms with Crippen LogP contribution in [0, 0.1) is 35.5 Å². The molecule has 22 heavy (non-hydrogen) atoms. The second-order valence-corrected chi connectivity index (χ2v) is 7.82. The minimum Gasteiger partial charge on any atom is -0.377 e. The maximum Gasteiger partial charge on any atom is 0.148 e. The van der Waals surface area contributed by atoms with E-state index in [4.69, 9.17) is 0 Å². The summed E-state index contributed by atoms with van der Waals surface area (Å²) >= 11 is 0. The molecule has 2 heteroatoms. The highest BCUT2D eigenvalue weighted by atomic mass is 16.3. The fraction of sp³-hybridized carbons (Fsp3) is 0.600. The number of hydrogen-bond acceptors (Lipinski definition) is 2. The van der Waals surface area contributed by atoms with Crippen LogP contribution in [0.3, 0.4) is 0 Å². The highest BCUT2D eigenvalue weighted by Gasteiger charge is 2.56. The maximum atomic E-state index is 11.2. The first-order valence-corrected chi connectivity index (χ1v) is 8.52. The van der Waals surface area contributed by atoms with Gasteiger partial charge in [0.25, 0.3) is 0 Å². The third-order valence-corrected chi connectivity index (χ3v) is 6.22. The fourth-order valence-electron chi connectivity index (χ4n) is 5.16. The highest BCUT2D eigenvalue weighted by molar-refractivity contribution is 5.34. The Morgan fingerprint density at radius 1 is 1.00 bits per heavy atom. The molecule has 2 N–H and O–H groups in total. The summed E-state index contributed by atoms with van der Waals surface area (Å²) in [5.74, 6) is 8.36. The Kier molecular flexibility index (Phi) is 3.15. The van der Waals surface area contributed by atoms with Gasteiger partial charge in [0.15, 0.2) is 0 Å². The molecule has 4 bridgehead atoms. The number of aliphatic hydroxyl groups is 2. The lowest BCUT2D eigenvalue weighted by Gasteiger charge is -2.57. The van der Waals surface area contributed by atoms with Crippen molar-refractivity contribution in [2.75, 3.05) is 0 Å². The summed E-state index contributed by atoms with van der Waals surface area (Å²) in [4.78, 5) is 0. The van der Waals surface area contributed by atoms with Crippen LogP contribution in [0.1, 0.15) is 44.6 Å². The smallest absolute Gasteiger partial charge is 0.148 e. The second kappa shape index (κ2) is 4.85. The molecule has 4 fully saturated rings. The molecule has 116 valence electrons. The molecule has 1 aromatic carbocycles. The molecule has 0 heterocycles. The Morgan fingerprint density at radius 3 is 2.09 bits per heavy atom. The molecule has 0 amide bonds. The molecule has 1 aromatic rings. The van der Waals surface area contributed by atoms with Gasteiger partial charge in [0.1, 0.15) is 11.2 Å². The molecule has 0 unspecified atom stereocenters. The first-order chi connectivity index (χ1) is 10.5. The number of benzene rings is 1. The van der Waals surface area contributed by atoms with E-state index in [0.717, 1.165) is 43.1 Å². The van der Waals surface area contributed by atoms with Crippen LogP contribution in [0.15, 0.2) is 30.3 Å². The highest BCUT2D eigenvalue weighted by Crippen LogP contribution is 2.58. The summed E-state index contributed by atoms with van der Waals surface area (Å²) in [5.41, 5.74) is -1.30. The normalized spacial score (nSPS) is 41.6. The Balaban J connectivity index is 1.64. The predicted octanol–water partition coefficient (Wildman–Crippen LogP) is 3.08. The quantitative estimate of drug-likeness (QED) is 0.782. The maximum absolute atomic E-state index is 11.2. The molecular weight excluding hydrogens is 272 g/mol. The Bertz CT molecular complexity index is 592. The van der Waals surface area contributed by atoms with Crippen LogP contribution < -0.4 is 0 Å². The summed E-state index contributed by atoms with van der Waals surface area (Å²) in [6.07, 6.45) is 5.83. The van der Waals surface area contributed by atoms with Crippen molar-refractivity contribution < 1.29 is 10.2 Å². The molecule has 0 saturated heterocycles. The van der Waals surface area contributed by atoms with Gasteiger partial charge in [-0.2, -0.15) is 0 Å². The van der Waals surface area contributed by atoms with Crippen LogP contribution in [-0.4, -0.2) is 15.8 Å². The van der Waals surface area contributed by atoms with Gasteiger partial charge in [-0.1, -0.05) is 42.2 Å². The zero-order valence-electron chi connectivity index (χ0n) is 13.1. The van der Waals surface area contributed by atoms with Gasteiger partial charge < -0.3 is 10.2 Å². The van der Waals surface area contributed by atoms with Crippen molar-refractivity contribution in [3.8, 4) is 11.8 Å². The van der Waals surface area contributed by atoms with Gasteiger partial charge in [-0.3, -0.25) is 0 Å². The summed E-state index contributed by atoms with van der Waals surface area (Å²) in [7, 11) is 0. The zero-order valence-corrected chi connectivity index (χ0v) is 13.1. The molecule has 2 nitrogen and oxygen atoms in total. The van der Waals surface area contributed by atoms with E-state index in [1.165, 1.54) is 6.42 Å². The van der Waals surface area contributed by atoms with Crippen LogP contribution >= 0.6 is 0 Å².